The zero-order chi connectivity index (χ0) is 19.1. The highest BCUT2D eigenvalue weighted by atomic mass is 16.5. The molecule has 140 valence electrons. The van der Waals surface area contributed by atoms with E-state index >= 15 is 0 Å². The standard InChI is InChI=1S/C22H24N2O3/c1-3-26-15-18-6-4-5-7-19(18)24-21(25)12-13-22-23-14-20(27-22)17-10-8-16(2)9-11-17/h4-11,14H,3,12-13,15H2,1-2H3,(H,24,25). The molecule has 0 saturated heterocycles. The van der Waals surface area contributed by atoms with Crippen molar-refractivity contribution in [1.82, 2.24) is 4.98 Å². The minimum atomic E-state index is -0.0750. The monoisotopic (exact) mass is 364 g/mol. The molecule has 0 spiro atoms. The summed E-state index contributed by atoms with van der Waals surface area (Å²) >= 11 is 0. The summed E-state index contributed by atoms with van der Waals surface area (Å²) in [6.45, 7) is 5.10. The lowest BCUT2D eigenvalue weighted by atomic mass is 10.1. The van der Waals surface area contributed by atoms with Crippen LogP contribution in [-0.4, -0.2) is 17.5 Å². The van der Waals surface area contributed by atoms with Crippen LogP contribution in [0.15, 0.2) is 59.1 Å². The first-order valence-electron chi connectivity index (χ1n) is 9.13. The summed E-state index contributed by atoms with van der Waals surface area (Å²) in [5.74, 6) is 1.20. The number of hydrogen-bond donors (Lipinski definition) is 1. The quantitative estimate of drug-likeness (QED) is 0.626. The van der Waals surface area contributed by atoms with Gasteiger partial charge in [0.2, 0.25) is 5.91 Å². The maximum atomic E-state index is 12.3. The summed E-state index contributed by atoms with van der Waals surface area (Å²) in [5, 5.41) is 2.95. The molecule has 2 aromatic carbocycles. The molecular formula is C22H24N2O3. The van der Waals surface area contributed by atoms with Gasteiger partial charge in [-0.2, -0.15) is 0 Å². The van der Waals surface area contributed by atoms with Gasteiger partial charge in [0.05, 0.1) is 12.8 Å². The van der Waals surface area contributed by atoms with Crippen LogP contribution in [0.3, 0.4) is 0 Å². The van der Waals surface area contributed by atoms with Gasteiger partial charge in [-0.15, -0.1) is 0 Å². The van der Waals surface area contributed by atoms with Crippen LogP contribution in [-0.2, 0) is 22.6 Å². The van der Waals surface area contributed by atoms with Crippen LogP contribution in [0.5, 0.6) is 0 Å². The summed E-state index contributed by atoms with van der Waals surface area (Å²) in [5.41, 5.74) is 3.92. The molecule has 1 aromatic heterocycles. The molecule has 0 fully saturated rings. The number of carbonyl (C=O) groups excluding carboxylic acids is 1. The number of nitrogens with one attached hydrogen (secondary N) is 1. The zero-order valence-corrected chi connectivity index (χ0v) is 15.7. The van der Waals surface area contributed by atoms with Crippen LogP contribution in [0.2, 0.25) is 0 Å². The smallest absolute Gasteiger partial charge is 0.224 e. The number of ether oxygens (including phenoxy) is 1. The van der Waals surface area contributed by atoms with Crippen LogP contribution in [0.4, 0.5) is 5.69 Å². The lowest BCUT2D eigenvalue weighted by molar-refractivity contribution is -0.116. The number of nitrogens with zero attached hydrogens (tertiary/aromatic N) is 1. The molecule has 0 radical (unpaired) electrons. The average Bonchev–Trinajstić information content (AvgIpc) is 3.15. The third kappa shape index (κ3) is 5.28. The maximum Gasteiger partial charge on any atom is 0.224 e. The first-order valence-corrected chi connectivity index (χ1v) is 9.13. The van der Waals surface area contributed by atoms with Crippen molar-refractivity contribution in [2.45, 2.75) is 33.3 Å². The second-order valence-corrected chi connectivity index (χ2v) is 6.33. The van der Waals surface area contributed by atoms with E-state index in [-0.39, 0.29) is 5.91 Å². The van der Waals surface area contributed by atoms with Gasteiger partial charge >= 0.3 is 0 Å². The molecular weight excluding hydrogens is 340 g/mol. The number of benzene rings is 2. The minimum Gasteiger partial charge on any atom is -0.441 e. The lowest BCUT2D eigenvalue weighted by Crippen LogP contribution is -2.14. The highest BCUT2D eigenvalue weighted by Crippen LogP contribution is 2.21. The van der Waals surface area contributed by atoms with Gasteiger partial charge in [0.1, 0.15) is 0 Å². The highest BCUT2D eigenvalue weighted by molar-refractivity contribution is 5.91. The fourth-order valence-electron chi connectivity index (χ4n) is 2.69. The summed E-state index contributed by atoms with van der Waals surface area (Å²) in [6, 6.07) is 15.7. The van der Waals surface area contributed by atoms with E-state index in [0.717, 1.165) is 16.8 Å². The molecule has 0 aliphatic heterocycles. The Bertz CT molecular complexity index is 885. The van der Waals surface area contributed by atoms with E-state index in [4.69, 9.17) is 9.15 Å². The number of aryl methyl sites for hydroxylation is 2. The van der Waals surface area contributed by atoms with Crippen molar-refractivity contribution in [2.24, 2.45) is 0 Å². The maximum absolute atomic E-state index is 12.3. The van der Waals surface area contributed by atoms with E-state index in [9.17, 15) is 4.79 Å². The molecule has 0 unspecified atom stereocenters. The van der Waals surface area contributed by atoms with E-state index in [0.29, 0.717) is 37.7 Å². The number of oxazole rings is 1. The molecule has 0 saturated carbocycles. The van der Waals surface area contributed by atoms with E-state index in [1.54, 1.807) is 6.20 Å². The van der Waals surface area contributed by atoms with Crippen molar-refractivity contribution < 1.29 is 13.9 Å². The van der Waals surface area contributed by atoms with Crippen molar-refractivity contribution >= 4 is 11.6 Å². The third-order valence-corrected chi connectivity index (χ3v) is 4.21. The molecule has 3 aromatic rings. The van der Waals surface area contributed by atoms with Crippen LogP contribution in [0.1, 0.15) is 30.4 Å². The topological polar surface area (TPSA) is 64.4 Å². The molecule has 0 bridgehead atoms. The second kappa shape index (κ2) is 9.14. The van der Waals surface area contributed by atoms with Gasteiger partial charge < -0.3 is 14.5 Å². The van der Waals surface area contributed by atoms with E-state index in [2.05, 4.69) is 10.3 Å². The van der Waals surface area contributed by atoms with Gasteiger partial charge in [-0.25, -0.2) is 4.98 Å². The molecule has 0 atom stereocenters. The number of rotatable bonds is 8. The number of aromatic nitrogens is 1. The lowest BCUT2D eigenvalue weighted by Gasteiger charge is -2.10. The van der Waals surface area contributed by atoms with E-state index in [1.165, 1.54) is 5.56 Å². The van der Waals surface area contributed by atoms with Crippen molar-refractivity contribution in [3.8, 4) is 11.3 Å². The van der Waals surface area contributed by atoms with Crippen molar-refractivity contribution in [3.05, 3.63) is 71.7 Å². The van der Waals surface area contributed by atoms with Gasteiger partial charge in [-0.1, -0.05) is 48.0 Å². The Kier molecular flexibility index (Phi) is 6.39. The second-order valence-electron chi connectivity index (χ2n) is 6.33. The molecule has 1 heterocycles. The van der Waals surface area contributed by atoms with Gasteiger partial charge in [-0.05, 0) is 19.9 Å². The molecule has 3 rings (SSSR count). The Balaban J connectivity index is 1.56. The first kappa shape index (κ1) is 18.9. The third-order valence-electron chi connectivity index (χ3n) is 4.21. The van der Waals surface area contributed by atoms with Gasteiger partial charge in [0.25, 0.3) is 0 Å². The van der Waals surface area contributed by atoms with Crippen LogP contribution in [0, 0.1) is 6.92 Å². The normalized spacial score (nSPS) is 10.7. The summed E-state index contributed by atoms with van der Waals surface area (Å²) in [4.78, 5) is 16.6. The minimum absolute atomic E-state index is 0.0750. The molecule has 0 aliphatic carbocycles. The predicted molar refractivity (Wildman–Crippen MR) is 105 cm³/mol. The molecule has 5 nitrogen and oxygen atoms in total. The Labute approximate surface area is 159 Å². The highest BCUT2D eigenvalue weighted by Gasteiger charge is 2.11. The van der Waals surface area contributed by atoms with Crippen molar-refractivity contribution in [2.75, 3.05) is 11.9 Å². The van der Waals surface area contributed by atoms with Gasteiger partial charge in [-0.3, -0.25) is 4.79 Å². The fourth-order valence-corrected chi connectivity index (χ4v) is 2.69. The Morgan fingerprint density at radius 1 is 1.15 bits per heavy atom. The molecule has 1 amide bonds. The largest absolute Gasteiger partial charge is 0.441 e. The van der Waals surface area contributed by atoms with E-state index < -0.39 is 0 Å². The first-order chi connectivity index (χ1) is 13.2. The number of amides is 1. The number of anilines is 1. The van der Waals surface area contributed by atoms with Gasteiger partial charge in [0.15, 0.2) is 11.7 Å². The Hall–Kier alpha value is -2.92. The van der Waals surface area contributed by atoms with Crippen LogP contribution in [0.25, 0.3) is 11.3 Å². The SMILES string of the molecule is CCOCc1ccccc1NC(=O)CCc1ncc(-c2ccc(C)cc2)o1. The number of hydrogen-bond acceptors (Lipinski definition) is 4. The Morgan fingerprint density at radius 2 is 1.93 bits per heavy atom. The zero-order valence-electron chi connectivity index (χ0n) is 15.7. The van der Waals surface area contributed by atoms with Crippen molar-refractivity contribution in [1.29, 1.82) is 0 Å². The molecule has 5 heteroatoms. The molecule has 0 aliphatic rings. The Morgan fingerprint density at radius 3 is 2.70 bits per heavy atom. The summed E-state index contributed by atoms with van der Waals surface area (Å²) in [7, 11) is 0. The molecule has 1 N–H and O–H groups in total. The predicted octanol–water partition coefficient (Wildman–Crippen LogP) is 4.76. The van der Waals surface area contributed by atoms with Crippen molar-refractivity contribution in [3.63, 3.8) is 0 Å². The summed E-state index contributed by atoms with van der Waals surface area (Å²) in [6.07, 6.45) is 2.46. The fraction of sp³-hybridized carbons (Fsp3) is 0.273. The number of para-hydroxylation sites is 1. The van der Waals surface area contributed by atoms with E-state index in [1.807, 2.05) is 62.4 Å². The van der Waals surface area contributed by atoms with Gasteiger partial charge in [0, 0.05) is 36.3 Å². The van der Waals surface area contributed by atoms with Crippen LogP contribution < -0.4 is 5.32 Å². The molecule has 27 heavy (non-hydrogen) atoms. The van der Waals surface area contributed by atoms with Crippen LogP contribution >= 0.6 is 0 Å². The summed E-state index contributed by atoms with van der Waals surface area (Å²) < 4.78 is 11.2. The number of carbonyl (C=O) groups is 1. The average molecular weight is 364 g/mol.